The van der Waals surface area contributed by atoms with Crippen LogP contribution in [0.15, 0.2) is 18.2 Å². The quantitative estimate of drug-likeness (QED) is 0.864. The molecule has 1 aromatic carbocycles. The van der Waals surface area contributed by atoms with E-state index in [1.165, 1.54) is 18.5 Å². The number of aliphatic hydroxyl groups excluding tert-OH is 1. The number of nitrogens with zero attached hydrogens (tertiary/aromatic N) is 2. The lowest BCUT2D eigenvalue weighted by atomic mass is 9.76. The largest absolute Gasteiger partial charge is 0.396 e. The minimum absolute atomic E-state index is 0.0855. The van der Waals surface area contributed by atoms with Gasteiger partial charge in [0.1, 0.15) is 0 Å². The molecule has 0 unspecified atom stereocenters. The fourth-order valence-electron chi connectivity index (χ4n) is 4.81. The van der Waals surface area contributed by atoms with E-state index in [9.17, 15) is 9.90 Å². The van der Waals surface area contributed by atoms with Gasteiger partial charge in [-0.2, -0.15) is 0 Å². The van der Waals surface area contributed by atoms with Crippen LogP contribution in [0.1, 0.15) is 48.0 Å². The van der Waals surface area contributed by atoms with Crippen LogP contribution in [0.25, 0.3) is 0 Å². The van der Waals surface area contributed by atoms with Gasteiger partial charge < -0.3 is 19.6 Å². The number of carbonyl (C=O) groups is 1. The third kappa shape index (κ3) is 4.14. The van der Waals surface area contributed by atoms with Gasteiger partial charge in [0.25, 0.3) is 5.91 Å². The van der Waals surface area contributed by atoms with E-state index < -0.39 is 0 Å². The average Bonchev–Trinajstić information content (AvgIpc) is 3.52. The summed E-state index contributed by atoms with van der Waals surface area (Å²) in [5.41, 5.74) is 3.03. The summed E-state index contributed by atoms with van der Waals surface area (Å²) in [5.74, 6) is 0.877. The number of likely N-dealkylation sites (tertiary alicyclic amines) is 1. The molecule has 0 aromatic heterocycles. The number of anilines is 1. The van der Waals surface area contributed by atoms with E-state index in [1.807, 2.05) is 17.0 Å². The van der Waals surface area contributed by atoms with Crippen molar-refractivity contribution >= 4 is 11.6 Å². The van der Waals surface area contributed by atoms with Crippen LogP contribution in [0.4, 0.5) is 5.69 Å². The van der Waals surface area contributed by atoms with Gasteiger partial charge in [-0.1, -0.05) is 12.8 Å². The van der Waals surface area contributed by atoms with E-state index >= 15 is 0 Å². The van der Waals surface area contributed by atoms with Crippen molar-refractivity contribution in [1.29, 1.82) is 0 Å². The predicted octanol–water partition coefficient (Wildman–Crippen LogP) is 2.85. The van der Waals surface area contributed by atoms with Gasteiger partial charge >= 0.3 is 0 Å². The molecule has 3 aliphatic rings. The first-order chi connectivity index (χ1) is 13.1. The highest BCUT2D eigenvalue weighted by molar-refractivity contribution is 5.95. The standard InChI is InChI=1S/C22H32N2O3/c1-17-13-19(5-6-20(17)23-9-11-27-12-10-23)21(26)24-8-2-7-22(15-24,16-25)14-18-3-4-18/h5-6,13,18,25H,2-4,7-12,14-16H2,1H3/t22-/m0/s1. The maximum atomic E-state index is 13.2. The average molecular weight is 373 g/mol. The lowest BCUT2D eigenvalue weighted by Gasteiger charge is -2.42. The lowest BCUT2D eigenvalue weighted by Crippen LogP contribution is -2.48. The summed E-state index contributed by atoms with van der Waals surface area (Å²) in [6, 6.07) is 6.08. The lowest BCUT2D eigenvalue weighted by molar-refractivity contribution is 0.0196. The Hall–Kier alpha value is -1.59. The molecule has 27 heavy (non-hydrogen) atoms. The van der Waals surface area contributed by atoms with Crippen molar-refractivity contribution in [2.45, 2.75) is 39.0 Å². The van der Waals surface area contributed by atoms with Crippen molar-refractivity contribution < 1.29 is 14.6 Å². The van der Waals surface area contributed by atoms with Gasteiger partial charge in [0.05, 0.1) is 19.8 Å². The number of morpholine rings is 1. The zero-order chi connectivity index (χ0) is 18.9. The molecule has 4 rings (SSSR count). The minimum atomic E-state index is -0.0855. The molecule has 2 heterocycles. The first kappa shape index (κ1) is 18.8. The van der Waals surface area contributed by atoms with Crippen LogP contribution in [0, 0.1) is 18.3 Å². The van der Waals surface area contributed by atoms with Crippen LogP contribution in [-0.4, -0.2) is 61.9 Å². The molecule has 148 valence electrons. The molecule has 1 aliphatic carbocycles. The Balaban J connectivity index is 1.47. The van der Waals surface area contributed by atoms with E-state index in [0.29, 0.717) is 6.54 Å². The van der Waals surface area contributed by atoms with Crippen molar-refractivity contribution in [3.8, 4) is 0 Å². The molecule has 1 amide bonds. The molecule has 1 aromatic rings. The van der Waals surface area contributed by atoms with Gasteiger partial charge in [-0.05, 0) is 55.9 Å². The Labute approximate surface area is 162 Å². The van der Waals surface area contributed by atoms with Gasteiger partial charge in [-0.25, -0.2) is 0 Å². The van der Waals surface area contributed by atoms with Crippen molar-refractivity contribution in [3.63, 3.8) is 0 Å². The Morgan fingerprint density at radius 3 is 2.70 bits per heavy atom. The van der Waals surface area contributed by atoms with Gasteiger partial charge in [-0.3, -0.25) is 4.79 Å². The molecule has 5 heteroatoms. The van der Waals surface area contributed by atoms with Gasteiger partial charge in [0, 0.05) is 42.8 Å². The van der Waals surface area contributed by atoms with Crippen LogP contribution < -0.4 is 4.90 Å². The van der Waals surface area contributed by atoms with Gasteiger partial charge in [0.15, 0.2) is 0 Å². The number of aliphatic hydroxyl groups is 1. The predicted molar refractivity (Wildman–Crippen MR) is 106 cm³/mol. The topological polar surface area (TPSA) is 53.0 Å². The van der Waals surface area contributed by atoms with Crippen molar-refractivity contribution in [2.24, 2.45) is 11.3 Å². The molecular formula is C22H32N2O3. The van der Waals surface area contributed by atoms with Crippen LogP contribution in [0.3, 0.4) is 0 Å². The summed E-state index contributed by atoms with van der Waals surface area (Å²) in [6.45, 7) is 7.11. The highest BCUT2D eigenvalue weighted by atomic mass is 16.5. The molecule has 3 fully saturated rings. The number of ether oxygens (including phenoxy) is 1. The minimum Gasteiger partial charge on any atom is -0.396 e. The third-order valence-corrected chi connectivity index (χ3v) is 6.50. The molecule has 0 bridgehead atoms. The number of piperidine rings is 1. The second-order valence-corrected chi connectivity index (χ2v) is 8.74. The summed E-state index contributed by atoms with van der Waals surface area (Å²) >= 11 is 0. The van der Waals surface area contributed by atoms with Crippen molar-refractivity contribution in [1.82, 2.24) is 4.90 Å². The van der Waals surface area contributed by atoms with Gasteiger partial charge in [-0.15, -0.1) is 0 Å². The Kier molecular flexibility index (Phi) is 5.42. The number of benzene rings is 1. The molecule has 5 nitrogen and oxygen atoms in total. The van der Waals surface area contributed by atoms with Crippen LogP contribution in [-0.2, 0) is 4.74 Å². The van der Waals surface area contributed by atoms with Gasteiger partial charge in [0.2, 0.25) is 0 Å². The Morgan fingerprint density at radius 2 is 2.04 bits per heavy atom. The molecule has 1 saturated carbocycles. The third-order valence-electron chi connectivity index (χ3n) is 6.50. The summed E-state index contributed by atoms with van der Waals surface area (Å²) < 4.78 is 5.44. The van der Waals surface area contributed by atoms with Crippen LogP contribution in [0.5, 0.6) is 0 Å². The number of amides is 1. The zero-order valence-electron chi connectivity index (χ0n) is 16.5. The molecule has 0 radical (unpaired) electrons. The normalized spacial score (nSPS) is 26.3. The highest BCUT2D eigenvalue weighted by Gasteiger charge is 2.41. The van der Waals surface area contributed by atoms with E-state index in [-0.39, 0.29) is 17.9 Å². The number of hydrogen-bond donors (Lipinski definition) is 1. The zero-order valence-corrected chi connectivity index (χ0v) is 16.5. The first-order valence-corrected chi connectivity index (χ1v) is 10.4. The number of carbonyl (C=O) groups excluding carboxylic acids is 1. The molecule has 1 atom stereocenters. The summed E-state index contributed by atoms with van der Waals surface area (Å²) in [6.07, 6.45) is 5.68. The Morgan fingerprint density at radius 1 is 1.26 bits per heavy atom. The molecule has 2 aliphatic heterocycles. The fourth-order valence-corrected chi connectivity index (χ4v) is 4.81. The molecule has 1 N–H and O–H groups in total. The second-order valence-electron chi connectivity index (χ2n) is 8.74. The molecule has 0 spiro atoms. The van der Waals surface area contributed by atoms with Crippen LogP contribution >= 0.6 is 0 Å². The van der Waals surface area contributed by atoms with E-state index in [0.717, 1.165) is 69.2 Å². The monoisotopic (exact) mass is 372 g/mol. The SMILES string of the molecule is Cc1cc(C(=O)N2CCC[C@](CO)(CC3CC3)C2)ccc1N1CCOCC1. The van der Waals surface area contributed by atoms with E-state index in [2.05, 4.69) is 17.9 Å². The van der Waals surface area contributed by atoms with E-state index in [4.69, 9.17) is 4.74 Å². The summed E-state index contributed by atoms with van der Waals surface area (Å²) in [5, 5.41) is 10.1. The first-order valence-electron chi connectivity index (χ1n) is 10.4. The number of hydrogen-bond acceptors (Lipinski definition) is 4. The fraction of sp³-hybridized carbons (Fsp3) is 0.682. The number of aryl methyl sites for hydroxylation is 1. The highest BCUT2D eigenvalue weighted by Crippen LogP contribution is 2.44. The maximum absolute atomic E-state index is 13.2. The smallest absolute Gasteiger partial charge is 0.253 e. The molecule has 2 saturated heterocycles. The number of rotatable bonds is 5. The second kappa shape index (κ2) is 7.80. The summed E-state index contributed by atoms with van der Waals surface area (Å²) in [4.78, 5) is 17.5. The maximum Gasteiger partial charge on any atom is 0.253 e. The van der Waals surface area contributed by atoms with Crippen molar-refractivity contribution in [3.05, 3.63) is 29.3 Å². The van der Waals surface area contributed by atoms with Crippen LogP contribution in [0.2, 0.25) is 0 Å². The van der Waals surface area contributed by atoms with E-state index in [1.54, 1.807) is 0 Å². The summed E-state index contributed by atoms with van der Waals surface area (Å²) in [7, 11) is 0. The van der Waals surface area contributed by atoms with Crippen molar-refractivity contribution in [2.75, 3.05) is 50.9 Å². The molecular weight excluding hydrogens is 340 g/mol. The Bertz CT molecular complexity index is 682.